The molecule has 4 nitrogen and oxygen atoms in total. The molecule has 3 aromatic rings. The number of carbonyl (C=O) groups is 1. The Morgan fingerprint density at radius 1 is 1.12 bits per heavy atom. The summed E-state index contributed by atoms with van der Waals surface area (Å²) in [7, 11) is 0. The molecule has 3 aliphatic heterocycles. The van der Waals surface area contributed by atoms with Gasteiger partial charge in [0.1, 0.15) is 6.10 Å². The third-order valence-corrected chi connectivity index (χ3v) is 8.50. The summed E-state index contributed by atoms with van der Waals surface area (Å²) >= 11 is 0. The molecule has 0 spiro atoms. The summed E-state index contributed by atoms with van der Waals surface area (Å²) in [6, 6.07) is 20.7. The van der Waals surface area contributed by atoms with Crippen LogP contribution in [0.3, 0.4) is 0 Å². The molecular weight excluding hydrogens is 408 g/mol. The average molecular weight is 441 g/mol. The molecule has 2 aromatic carbocycles. The molecule has 4 aliphatic rings. The van der Waals surface area contributed by atoms with Crippen molar-refractivity contribution in [3.63, 3.8) is 0 Å². The zero-order valence-electron chi connectivity index (χ0n) is 19.3. The maximum absolute atomic E-state index is 13.8. The van der Waals surface area contributed by atoms with E-state index in [0.29, 0.717) is 0 Å². The minimum Gasteiger partial charge on any atom is -0.455 e. The van der Waals surface area contributed by atoms with Crippen molar-refractivity contribution in [1.82, 2.24) is 9.88 Å². The van der Waals surface area contributed by atoms with Crippen molar-refractivity contribution in [3.05, 3.63) is 78.0 Å². The number of pyridine rings is 1. The van der Waals surface area contributed by atoms with Gasteiger partial charge in [0.25, 0.3) is 0 Å². The van der Waals surface area contributed by atoms with E-state index in [1.54, 1.807) is 0 Å². The number of esters is 1. The lowest BCUT2D eigenvalue weighted by atomic mass is 9.72. The summed E-state index contributed by atoms with van der Waals surface area (Å²) in [6.45, 7) is 4.53. The molecular formula is C29H32N2O2. The Balaban J connectivity index is 1.38. The second-order valence-electron chi connectivity index (χ2n) is 10.2. The zero-order chi connectivity index (χ0) is 22.4. The van der Waals surface area contributed by atoms with Crippen LogP contribution in [0.5, 0.6) is 0 Å². The van der Waals surface area contributed by atoms with Crippen LogP contribution >= 0.6 is 0 Å². The Labute approximate surface area is 196 Å². The van der Waals surface area contributed by atoms with Gasteiger partial charge in [-0.15, -0.1) is 0 Å². The molecule has 4 heterocycles. The molecule has 1 unspecified atom stereocenters. The lowest BCUT2D eigenvalue weighted by Gasteiger charge is -2.52. The fourth-order valence-electron chi connectivity index (χ4n) is 6.39. The van der Waals surface area contributed by atoms with Gasteiger partial charge in [-0.25, -0.2) is 0 Å². The predicted molar refractivity (Wildman–Crippen MR) is 130 cm³/mol. The van der Waals surface area contributed by atoms with E-state index >= 15 is 0 Å². The lowest BCUT2D eigenvalue weighted by Crippen LogP contribution is -2.55. The van der Waals surface area contributed by atoms with Crippen LogP contribution in [0, 0.1) is 11.8 Å². The van der Waals surface area contributed by atoms with Crippen molar-refractivity contribution in [2.75, 3.05) is 13.1 Å². The van der Waals surface area contributed by atoms with Crippen LogP contribution < -0.4 is 0 Å². The zero-order valence-corrected chi connectivity index (χ0v) is 19.3. The summed E-state index contributed by atoms with van der Waals surface area (Å²) in [5.74, 6) is 1.43. The molecule has 0 radical (unpaired) electrons. The highest BCUT2D eigenvalue weighted by Gasteiger charge is 2.54. The molecule has 5 atom stereocenters. The van der Waals surface area contributed by atoms with Crippen molar-refractivity contribution in [2.45, 2.75) is 56.6 Å². The smallest absolute Gasteiger partial charge is 0.317 e. The standard InChI is InChI=1S/C29H32N2O2/c1-2-20-19-31-17-13-21(20)18-26(31)27(24-12-16-30-25-11-7-6-10-23(24)25)33-28(32)29(14-15-29)22-8-4-3-5-9-22/h3-12,16,20-21,26-27H,2,13-15,17-19H2,1H3/t20-,21-,26-,27+/m0/s1. The van der Waals surface area contributed by atoms with Crippen LogP contribution in [-0.2, 0) is 14.9 Å². The highest BCUT2D eigenvalue weighted by atomic mass is 16.5. The topological polar surface area (TPSA) is 42.4 Å². The molecule has 2 bridgehead atoms. The fraction of sp³-hybridized carbons (Fsp3) is 0.448. The number of benzene rings is 2. The van der Waals surface area contributed by atoms with E-state index < -0.39 is 5.41 Å². The molecule has 33 heavy (non-hydrogen) atoms. The average Bonchev–Trinajstić information content (AvgIpc) is 3.70. The van der Waals surface area contributed by atoms with E-state index in [1.807, 2.05) is 36.5 Å². The van der Waals surface area contributed by atoms with Crippen LogP contribution in [0.4, 0.5) is 0 Å². The van der Waals surface area contributed by atoms with E-state index in [0.717, 1.165) is 66.2 Å². The number of hydrogen-bond acceptors (Lipinski definition) is 4. The highest BCUT2D eigenvalue weighted by molar-refractivity contribution is 5.88. The van der Waals surface area contributed by atoms with Gasteiger partial charge < -0.3 is 4.74 Å². The molecule has 7 rings (SSSR count). The lowest BCUT2D eigenvalue weighted by molar-refractivity contribution is -0.161. The fourth-order valence-corrected chi connectivity index (χ4v) is 6.39. The summed E-state index contributed by atoms with van der Waals surface area (Å²) in [6.07, 6.45) is 6.93. The number of aromatic nitrogens is 1. The molecule has 0 amide bonds. The van der Waals surface area contributed by atoms with Crippen LogP contribution in [0.1, 0.15) is 56.3 Å². The number of nitrogens with zero attached hydrogens (tertiary/aromatic N) is 2. The SMILES string of the molecule is CC[C@H]1CN2CC[C@H]1C[C@H]2[C@H](OC(=O)C1(c2ccccc2)CC1)c1ccnc2ccccc12. The normalized spacial score (nSPS) is 28.4. The maximum atomic E-state index is 13.8. The first kappa shape index (κ1) is 20.9. The number of piperidine rings is 3. The third kappa shape index (κ3) is 3.56. The monoisotopic (exact) mass is 440 g/mol. The quantitative estimate of drug-likeness (QED) is 0.463. The van der Waals surface area contributed by atoms with Gasteiger partial charge >= 0.3 is 5.97 Å². The van der Waals surface area contributed by atoms with Gasteiger partial charge in [-0.3, -0.25) is 14.7 Å². The van der Waals surface area contributed by atoms with Crippen molar-refractivity contribution in [2.24, 2.45) is 11.8 Å². The predicted octanol–water partition coefficient (Wildman–Crippen LogP) is 5.67. The number of rotatable bonds is 6. The molecule has 0 N–H and O–H groups in total. The van der Waals surface area contributed by atoms with Gasteiger partial charge in [-0.1, -0.05) is 61.9 Å². The van der Waals surface area contributed by atoms with Gasteiger partial charge in [0.2, 0.25) is 0 Å². The van der Waals surface area contributed by atoms with Crippen LogP contribution in [0.25, 0.3) is 10.9 Å². The Morgan fingerprint density at radius 2 is 1.91 bits per heavy atom. The van der Waals surface area contributed by atoms with Crippen molar-refractivity contribution >= 4 is 16.9 Å². The number of para-hydroxylation sites is 1. The second kappa shape index (κ2) is 8.25. The van der Waals surface area contributed by atoms with Crippen molar-refractivity contribution < 1.29 is 9.53 Å². The Bertz CT molecular complexity index is 1150. The molecule has 4 fully saturated rings. The number of carbonyl (C=O) groups excluding carboxylic acids is 1. The van der Waals surface area contributed by atoms with E-state index in [9.17, 15) is 4.79 Å². The van der Waals surface area contributed by atoms with E-state index in [4.69, 9.17) is 4.74 Å². The molecule has 1 aromatic heterocycles. The summed E-state index contributed by atoms with van der Waals surface area (Å²) < 4.78 is 6.58. The minimum atomic E-state index is -0.475. The number of fused-ring (bicyclic) bond motifs is 4. The van der Waals surface area contributed by atoms with E-state index in [2.05, 4.69) is 47.1 Å². The molecule has 4 heteroatoms. The molecule has 170 valence electrons. The summed E-state index contributed by atoms with van der Waals surface area (Å²) in [4.78, 5) is 20.9. The molecule has 1 saturated carbocycles. The van der Waals surface area contributed by atoms with Crippen molar-refractivity contribution in [3.8, 4) is 0 Å². The van der Waals surface area contributed by atoms with Gasteiger partial charge in [0.15, 0.2) is 0 Å². The van der Waals surface area contributed by atoms with Crippen LogP contribution in [-0.4, -0.2) is 35.0 Å². The largest absolute Gasteiger partial charge is 0.455 e. The first-order chi connectivity index (χ1) is 16.2. The molecule has 3 saturated heterocycles. The second-order valence-corrected chi connectivity index (χ2v) is 10.2. The van der Waals surface area contributed by atoms with Gasteiger partial charge in [-0.2, -0.15) is 0 Å². The minimum absolute atomic E-state index is 0.0609. The summed E-state index contributed by atoms with van der Waals surface area (Å²) in [5.41, 5.74) is 2.67. The maximum Gasteiger partial charge on any atom is 0.317 e. The van der Waals surface area contributed by atoms with E-state index in [1.165, 1.54) is 12.8 Å². The van der Waals surface area contributed by atoms with E-state index in [-0.39, 0.29) is 18.1 Å². The van der Waals surface area contributed by atoms with Crippen molar-refractivity contribution in [1.29, 1.82) is 0 Å². The highest BCUT2D eigenvalue weighted by Crippen LogP contribution is 2.51. The Morgan fingerprint density at radius 3 is 2.64 bits per heavy atom. The third-order valence-electron chi connectivity index (χ3n) is 8.50. The first-order valence-electron chi connectivity index (χ1n) is 12.5. The summed E-state index contributed by atoms with van der Waals surface area (Å²) in [5, 5.41) is 1.09. The van der Waals surface area contributed by atoms with Crippen LogP contribution in [0.2, 0.25) is 0 Å². The van der Waals surface area contributed by atoms with Gasteiger partial charge in [0.05, 0.1) is 17.0 Å². The number of hydrogen-bond donors (Lipinski definition) is 0. The Kier molecular flexibility index (Phi) is 5.21. The van der Waals surface area contributed by atoms with Gasteiger partial charge in [0, 0.05) is 23.7 Å². The first-order valence-corrected chi connectivity index (χ1v) is 12.5. The Hall–Kier alpha value is -2.72. The molecule has 1 aliphatic carbocycles. The number of ether oxygens (including phenoxy) is 1. The van der Waals surface area contributed by atoms with Crippen LogP contribution in [0.15, 0.2) is 66.9 Å². The van der Waals surface area contributed by atoms with Gasteiger partial charge in [-0.05, 0) is 61.8 Å².